The third-order valence-electron chi connectivity index (χ3n) is 3.63. The molecule has 0 unspecified atom stereocenters. The molecule has 0 aliphatic rings. The highest BCUT2D eigenvalue weighted by atomic mass is 16.6. The van der Waals surface area contributed by atoms with Crippen LogP contribution in [0.3, 0.4) is 0 Å². The van der Waals surface area contributed by atoms with Gasteiger partial charge in [-0.3, -0.25) is 0 Å². The van der Waals surface area contributed by atoms with Crippen molar-refractivity contribution < 1.29 is 23.7 Å². The number of esters is 1. The number of hydrogen-bond donors (Lipinski definition) is 0. The van der Waals surface area contributed by atoms with Crippen molar-refractivity contribution in [1.29, 1.82) is 5.26 Å². The smallest absolute Gasteiger partial charge is 0.339 e. The van der Waals surface area contributed by atoms with E-state index in [9.17, 15) is 4.79 Å². The van der Waals surface area contributed by atoms with Crippen molar-refractivity contribution in [3.8, 4) is 34.8 Å². The number of nitrogens with zero attached hydrogens (tertiary/aromatic N) is 1. The molecule has 0 radical (unpaired) electrons. The zero-order valence-electron chi connectivity index (χ0n) is 15.6. The van der Waals surface area contributed by atoms with E-state index in [-0.39, 0.29) is 5.75 Å². The van der Waals surface area contributed by atoms with Crippen LogP contribution < -0.4 is 14.2 Å². The molecule has 0 aliphatic heterocycles. The molecule has 6 nitrogen and oxygen atoms in total. The Labute approximate surface area is 168 Å². The van der Waals surface area contributed by atoms with Crippen LogP contribution in [0.15, 0.2) is 85.1 Å². The SMILES string of the molecule is COC=CC(=O)Oc1ccccc1Oc1cccc(Oc2cccc(C#N)c2)c1. The van der Waals surface area contributed by atoms with E-state index in [2.05, 4.69) is 6.07 Å². The molecule has 29 heavy (non-hydrogen) atoms. The number of benzene rings is 3. The Morgan fingerprint density at radius 1 is 0.862 bits per heavy atom. The normalized spacial score (nSPS) is 10.2. The van der Waals surface area contributed by atoms with Crippen LogP contribution in [0.1, 0.15) is 5.56 Å². The Morgan fingerprint density at radius 3 is 2.24 bits per heavy atom. The summed E-state index contributed by atoms with van der Waals surface area (Å²) in [5, 5.41) is 9.00. The molecule has 0 fully saturated rings. The topological polar surface area (TPSA) is 77.8 Å². The highest BCUT2D eigenvalue weighted by Crippen LogP contribution is 2.33. The maximum absolute atomic E-state index is 11.8. The van der Waals surface area contributed by atoms with E-state index >= 15 is 0 Å². The van der Waals surface area contributed by atoms with Crippen LogP contribution in [-0.4, -0.2) is 13.1 Å². The number of carbonyl (C=O) groups is 1. The highest BCUT2D eigenvalue weighted by Gasteiger charge is 2.10. The summed E-state index contributed by atoms with van der Waals surface area (Å²) in [6, 6.07) is 22.7. The first kappa shape index (κ1) is 19.5. The summed E-state index contributed by atoms with van der Waals surface area (Å²) in [6.45, 7) is 0. The van der Waals surface area contributed by atoms with E-state index in [1.807, 2.05) is 0 Å². The van der Waals surface area contributed by atoms with Crippen molar-refractivity contribution in [3.05, 3.63) is 90.7 Å². The van der Waals surface area contributed by atoms with Crippen molar-refractivity contribution in [2.75, 3.05) is 7.11 Å². The molecule has 0 saturated carbocycles. The molecular formula is C23H17NO5. The van der Waals surface area contributed by atoms with Crippen LogP contribution in [0.4, 0.5) is 0 Å². The molecular weight excluding hydrogens is 370 g/mol. The summed E-state index contributed by atoms with van der Waals surface area (Å²) < 4.78 is 21.7. The fourth-order valence-electron chi connectivity index (χ4n) is 2.38. The number of methoxy groups -OCH3 is 1. The second-order valence-electron chi connectivity index (χ2n) is 5.72. The van der Waals surface area contributed by atoms with Gasteiger partial charge in [0, 0.05) is 6.07 Å². The molecule has 0 spiro atoms. The Morgan fingerprint density at radius 2 is 1.52 bits per heavy atom. The van der Waals surface area contributed by atoms with Crippen LogP contribution in [0.2, 0.25) is 0 Å². The largest absolute Gasteiger partial charge is 0.504 e. The standard InChI is InChI=1S/C23H17NO5/c1-26-13-12-23(25)29-22-11-3-2-10-21(22)28-20-9-5-8-19(15-20)27-18-7-4-6-17(14-18)16-24/h2-15H,1H3. The number of rotatable bonds is 7. The summed E-state index contributed by atoms with van der Waals surface area (Å²) >= 11 is 0. The van der Waals surface area contributed by atoms with Gasteiger partial charge in [0.25, 0.3) is 0 Å². The van der Waals surface area contributed by atoms with Gasteiger partial charge in [-0.05, 0) is 42.5 Å². The van der Waals surface area contributed by atoms with Gasteiger partial charge < -0.3 is 18.9 Å². The molecule has 0 N–H and O–H groups in total. The van der Waals surface area contributed by atoms with Gasteiger partial charge in [-0.15, -0.1) is 0 Å². The summed E-state index contributed by atoms with van der Waals surface area (Å²) in [7, 11) is 1.44. The summed E-state index contributed by atoms with van der Waals surface area (Å²) in [5.41, 5.74) is 0.508. The molecule has 0 aromatic heterocycles. The van der Waals surface area contributed by atoms with Crippen LogP contribution in [-0.2, 0) is 9.53 Å². The molecule has 3 rings (SSSR count). The lowest BCUT2D eigenvalue weighted by atomic mass is 10.2. The summed E-state index contributed by atoms with van der Waals surface area (Å²) in [6.07, 6.45) is 2.40. The number of carbonyl (C=O) groups excluding carboxylic acids is 1. The fraction of sp³-hybridized carbons (Fsp3) is 0.0435. The molecule has 144 valence electrons. The van der Waals surface area contributed by atoms with Gasteiger partial charge in [-0.1, -0.05) is 24.3 Å². The van der Waals surface area contributed by atoms with Crippen LogP contribution in [0.25, 0.3) is 0 Å². The van der Waals surface area contributed by atoms with Crippen LogP contribution in [0.5, 0.6) is 28.7 Å². The van der Waals surface area contributed by atoms with E-state index < -0.39 is 5.97 Å². The molecule has 0 aliphatic carbocycles. The lowest BCUT2D eigenvalue weighted by molar-refractivity contribution is -0.129. The minimum Gasteiger partial charge on any atom is -0.504 e. The van der Waals surface area contributed by atoms with Crippen molar-refractivity contribution in [2.45, 2.75) is 0 Å². The monoisotopic (exact) mass is 387 g/mol. The molecule has 0 saturated heterocycles. The molecule has 0 amide bonds. The first-order valence-electron chi connectivity index (χ1n) is 8.64. The molecule has 3 aromatic carbocycles. The quantitative estimate of drug-likeness (QED) is 0.240. The molecule has 6 heteroatoms. The summed E-state index contributed by atoms with van der Waals surface area (Å²) in [5.74, 6) is 1.63. The van der Waals surface area contributed by atoms with Crippen molar-refractivity contribution in [3.63, 3.8) is 0 Å². The third-order valence-corrected chi connectivity index (χ3v) is 3.63. The molecule has 0 atom stereocenters. The molecule has 0 bridgehead atoms. The Kier molecular flexibility index (Phi) is 6.48. The van der Waals surface area contributed by atoms with Gasteiger partial charge in [0.1, 0.15) is 17.2 Å². The van der Waals surface area contributed by atoms with Crippen molar-refractivity contribution >= 4 is 5.97 Å². The van der Waals surface area contributed by atoms with E-state index in [4.69, 9.17) is 24.2 Å². The number of hydrogen-bond acceptors (Lipinski definition) is 6. The van der Waals surface area contributed by atoms with Gasteiger partial charge in [0.2, 0.25) is 0 Å². The maximum Gasteiger partial charge on any atom is 0.339 e. The van der Waals surface area contributed by atoms with Crippen LogP contribution >= 0.6 is 0 Å². The van der Waals surface area contributed by atoms with Crippen molar-refractivity contribution in [2.24, 2.45) is 0 Å². The van der Waals surface area contributed by atoms with Gasteiger partial charge in [0.05, 0.1) is 31.1 Å². The minimum atomic E-state index is -0.586. The minimum absolute atomic E-state index is 0.270. The zero-order valence-corrected chi connectivity index (χ0v) is 15.6. The molecule has 3 aromatic rings. The Balaban J connectivity index is 1.76. The Bertz CT molecular complexity index is 1070. The maximum atomic E-state index is 11.8. The van der Waals surface area contributed by atoms with E-state index in [0.717, 1.165) is 0 Å². The van der Waals surface area contributed by atoms with E-state index in [1.165, 1.54) is 19.4 Å². The van der Waals surface area contributed by atoms with Gasteiger partial charge in [-0.2, -0.15) is 5.26 Å². The van der Waals surface area contributed by atoms with Crippen LogP contribution in [0, 0.1) is 11.3 Å². The number of para-hydroxylation sites is 2. The first-order chi connectivity index (χ1) is 14.2. The predicted molar refractivity (Wildman–Crippen MR) is 106 cm³/mol. The average molecular weight is 387 g/mol. The molecule has 0 heterocycles. The fourth-order valence-corrected chi connectivity index (χ4v) is 2.38. The van der Waals surface area contributed by atoms with Gasteiger partial charge >= 0.3 is 5.97 Å². The third kappa shape index (κ3) is 5.62. The zero-order chi connectivity index (χ0) is 20.5. The van der Waals surface area contributed by atoms with Gasteiger partial charge in [-0.25, -0.2) is 4.79 Å². The van der Waals surface area contributed by atoms with Gasteiger partial charge in [0.15, 0.2) is 11.5 Å². The first-order valence-corrected chi connectivity index (χ1v) is 8.64. The Hall–Kier alpha value is -4.24. The summed E-state index contributed by atoms with van der Waals surface area (Å²) in [4.78, 5) is 11.8. The lowest BCUT2D eigenvalue weighted by Crippen LogP contribution is -2.05. The second kappa shape index (κ2) is 9.62. The van der Waals surface area contributed by atoms with E-state index in [0.29, 0.717) is 28.6 Å². The predicted octanol–water partition coefficient (Wildman–Crippen LogP) is 5.21. The lowest BCUT2D eigenvalue weighted by Gasteiger charge is -2.12. The average Bonchev–Trinajstić information content (AvgIpc) is 2.74. The van der Waals surface area contributed by atoms with Crippen molar-refractivity contribution in [1.82, 2.24) is 0 Å². The van der Waals surface area contributed by atoms with E-state index in [1.54, 1.807) is 72.8 Å². The number of ether oxygens (including phenoxy) is 4. The second-order valence-corrected chi connectivity index (χ2v) is 5.72. The number of nitriles is 1. The highest BCUT2D eigenvalue weighted by molar-refractivity contribution is 5.84.